The molecule has 226 valence electrons. The van der Waals surface area contributed by atoms with Crippen molar-refractivity contribution in [3.05, 3.63) is 151 Å². The van der Waals surface area contributed by atoms with E-state index in [1.807, 2.05) is 31.2 Å². The van der Waals surface area contributed by atoms with Crippen molar-refractivity contribution in [1.29, 1.82) is 0 Å². The Morgan fingerprint density at radius 3 is 1.98 bits per heavy atom. The van der Waals surface area contributed by atoms with Crippen LogP contribution in [0.5, 0.6) is 0 Å². The Hall–Kier alpha value is -6.32. The zero-order valence-corrected chi connectivity index (χ0v) is 26.7. The molecule has 0 N–H and O–H groups in total. The first-order chi connectivity index (χ1) is 23.6. The first kappa shape index (κ1) is 27.9. The van der Waals surface area contributed by atoms with Crippen LogP contribution in [0.2, 0.25) is 0 Å². The largest absolute Gasteiger partial charge is 0.292 e. The highest BCUT2D eigenvalue weighted by Gasteiger charge is 2.19. The minimum atomic E-state index is 0.860. The number of nitrogens with zero attached hydrogens (tertiary/aromatic N) is 3. The number of rotatable bonds is 6. The summed E-state index contributed by atoms with van der Waals surface area (Å²) in [5.74, 6) is 0. The van der Waals surface area contributed by atoms with Crippen LogP contribution in [-0.4, -0.2) is 14.4 Å². The third kappa shape index (κ3) is 3.82. The van der Waals surface area contributed by atoms with Crippen molar-refractivity contribution >= 4 is 84.1 Å². The molecule has 48 heavy (non-hydrogen) atoms. The lowest BCUT2D eigenvalue weighted by atomic mass is 9.88. The molecule has 0 saturated carbocycles. The maximum atomic E-state index is 5.26. The zero-order chi connectivity index (χ0) is 32.5. The molecule has 6 aromatic carbocycles. The molecule has 0 unspecified atom stereocenters. The fourth-order valence-electron chi connectivity index (χ4n) is 7.77. The van der Waals surface area contributed by atoms with Gasteiger partial charge in [-0.1, -0.05) is 123 Å². The number of hydrogen-bond donors (Lipinski definition) is 0. The second kappa shape index (κ2) is 10.6. The minimum absolute atomic E-state index is 0.860. The van der Waals surface area contributed by atoms with Crippen molar-refractivity contribution in [2.45, 2.75) is 6.92 Å². The van der Waals surface area contributed by atoms with Crippen molar-refractivity contribution < 1.29 is 0 Å². The van der Waals surface area contributed by atoms with Crippen LogP contribution in [0.1, 0.15) is 29.3 Å². The molecule has 9 rings (SSSR count). The summed E-state index contributed by atoms with van der Waals surface area (Å²) in [4.78, 5) is 10.4. The quantitative estimate of drug-likeness (QED) is 0.138. The molecule has 3 aromatic heterocycles. The Balaban J connectivity index is 1.24. The maximum absolute atomic E-state index is 5.26. The predicted octanol–water partition coefficient (Wildman–Crippen LogP) is 12.2. The molecule has 0 spiro atoms. The van der Waals surface area contributed by atoms with E-state index in [4.69, 9.17) is 9.97 Å². The van der Waals surface area contributed by atoms with Gasteiger partial charge in [0.05, 0.1) is 28.1 Å². The molecule has 0 radical (unpaired) electrons. The normalized spacial score (nSPS) is 12.0. The van der Waals surface area contributed by atoms with Gasteiger partial charge in [-0.3, -0.25) is 4.40 Å². The van der Waals surface area contributed by atoms with Gasteiger partial charge in [0.2, 0.25) is 0 Å². The van der Waals surface area contributed by atoms with Gasteiger partial charge >= 0.3 is 0 Å². The molecular formula is C45H31N3. The van der Waals surface area contributed by atoms with Gasteiger partial charge < -0.3 is 0 Å². The molecule has 0 aliphatic heterocycles. The van der Waals surface area contributed by atoms with Gasteiger partial charge in [-0.05, 0) is 85.9 Å². The lowest BCUT2D eigenvalue weighted by Crippen LogP contribution is -2.01. The van der Waals surface area contributed by atoms with Crippen molar-refractivity contribution in [3.63, 3.8) is 0 Å². The van der Waals surface area contributed by atoms with Gasteiger partial charge in [-0.15, -0.1) is 0 Å². The highest BCUT2D eigenvalue weighted by atomic mass is 15.0. The average Bonchev–Trinajstić information content (AvgIpc) is 3.52. The molecule has 3 heterocycles. The Labute approximate surface area is 278 Å². The van der Waals surface area contributed by atoms with Gasteiger partial charge in [0.25, 0.3) is 0 Å². The molecule has 0 amide bonds. The van der Waals surface area contributed by atoms with Crippen LogP contribution in [0.3, 0.4) is 0 Å². The summed E-state index contributed by atoms with van der Waals surface area (Å²) < 4.78 is 2.17. The molecule has 0 aliphatic carbocycles. The van der Waals surface area contributed by atoms with E-state index in [0.29, 0.717) is 0 Å². The van der Waals surface area contributed by atoms with Gasteiger partial charge in [-0.25, -0.2) is 9.97 Å². The summed E-state index contributed by atoms with van der Waals surface area (Å²) in [7, 11) is 0. The Morgan fingerprint density at radius 1 is 0.583 bits per heavy atom. The second-order valence-corrected chi connectivity index (χ2v) is 12.2. The molecular weight excluding hydrogens is 583 g/mol. The standard InChI is InChI=1S/C45H31N3/c1-5-13-37-29(6-2)30(7-3)41(8-4)48-42-25-22-28(26-40(42)47-45(37)48)38-20-12-21-39(46-38)31-23-24-36-34-17-10-15-27-14-9-16-33(43(27)34)35-19-11-18-32(31)44(35)36/h5-26H,2-4H2,1H3/b13-5-. The van der Waals surface area contributed by atoms with Gasteiger partial charge in [0, 0.05) is 22.3 Å². The third-order valence-electron chi connectivity index (χ3n) is 9.77. The van der Waals surface area contributed by atoms with Crippen molar-refractivity contribution in [2.75, 3.05) is 0 Å². The van der Waals surface area contributed by atoms with E-state index in [9.17, 15) is 0 Å². The number of benzene rings is 6. The van der Waals surface area contributed by atoms with Gasteiger partial charge in [-0.2, -0.15) is 0 Å². The summed E-state index contributed by atoms with van der Waals surface area (Å²) in [6.07, 6.45) is 9.74. The minimum Gasteiger partial charge on any atom is -0.292 e. The monoisotopic (exact) mass is 613 g/mol. The van der Waals surface area contributed by atoms with Crippen molar-refractivity contribution in [2.24, 2.45) is 0 Å². The number of allylic oxidation sites excluding steroid dienone is 1. The summed E-state index contributed by atoms with van der Waals surface area (Å²) in [5, 5.41) is 10.2. The molecule has 0 aliphatic rings. The van der Waals surface area contributed by atoms with Crippen LogP contribution in [-0.2, 0) is 0 Å². The van der Waals surface area contributed by atoms with Crippen LogP contribution in [0, 0.1) is 0 Å². The van der Waals surface area contributed by atoms with Crippen LogP contribution in [0.4, 0.5) is 0 Å². The molecule has 9 aromatic rings. The summed E-state index contributed by atoms with van der Waals surface area (Å²) in [6, 6.07) is 37.1. The Bertz CT molecular complexity index is 2800. The number of fused-ring (bicyclic) bond motifs is 5. The summed E-state index contributed by atoms with van der Waals surface area (Å²) >= 11 is 0. The predicted molar refractivity (Wildman–Crippen MR) is 208 cm³/mol. The maximum Gasteiger partial charge on any atom is 0.146 e. The lowest BCUT2D eigenvalue weighted by Gasteiger charge is -2.16. The highest BCUT2D eigenvalue weighted by molar-refractivity contribution is 6.34. The second-order valence-electron chi connectivity index (χ2n) is 12.2. The molecule has 0 fully saturated rings. The SMILES string of the molecule is C=Cc1c(C=C)c(C=C)n2c(nc3cc(-c4cccc(-c5ccc6c7cccc8cccc(c9cccc5c96)c87)n4)ccc32)c1/C=C\C. The van der Waals surface area contributed by atoms with E-state index < -0.39 is 0 Å². The smallest absolute Gasteiger partial charge is 0.146 e. The van der Waals surface area contributed by atoms with E-state index in [0.717, 1.165) is 61.6 Å². The first-order valence-electron chi connectivity index (χ1n) is 16.2. The van der Waals surface area contributed by atoms with Gasteiger partial charge in [0.1, 0.15) is 5.65 Å². The Morgan fingerprint density at radius 2 is 1.25 bits per heavy atom. The van der Waals surface area contributed by atoms with Crippen LogP contribution in [0.25, 0.3) is 107 Å². The first-order valence-corrected chi connectivity index (χ1v) is 16.2. The van der Waals surface area contributed by atoms with Crippen molar-refractivity contribution in [3.8, 4) is 22.5 Å². The third-order valence-corrected chi connectivity index (χ3v) is 9.77. The van der Waals surface area contributed by atoms with Gasteiger partial charge in [0.15, 0.2) is 0 Å². The van der Waals surface area contributed by atoms with E-state index in [2.05, 4.69) is 133 Å². The fourth-order valence-corrected chi connectivity index (χ4v) is 7.77. The topological polar surface area (TPSA) is 30.2 Å². The fraction of sp³-hybridized carbons (Fsp3) is 0.0222. The lowest BCUT2D eigenvalue weighted by molar-refractivity contribution is 1.18. The van der Waals surface area contributed by atoms with E-state index in [-0.39, 0.29) is 0 Å². The number of pyridine rings is 2. The molecule has 3 nitrogen and oxygen atoms in total. The molecule has 0 bridgehead atoms. The number of imidazole rings is 1. The van der Waals surface area contributed by atoms with E-state index in [1.54, 1.807) is 0 Å². The van der Waals surface area contributed by atoms with Crippen LogP contribution < -0.4 is 0 Å². The summed E-state index contributed by atoms with van der Waals surface area (Å²) in [5.41, 5.74) is 10.7. The van der Waals surface area contributed by atoms with E-state index in [1.165, 1.54) is 43.1 Å². The van der Waals surface area contributed by atoms with Crippen molar-refractivity contribution in [1.82, 2.24) is 14.4 Å². The van der Waals surface area contributed by atoms with Crippen LogP contribution >= 0.6 is 0 Å². The average molecular weight is 614 g/mol. The number of hydrogen-bond acceptors (Lipinski definition) is 2. The molecule has 0 saturated heterocycles. The van der Waals surface area contributed by atoms with E-state index >= 15 is 0 Å². The zero-order valence-electron chi connectivity index (χ0n) is 26.7. The highest BCUT2D eigenvalue weighted by Crippen LogP contribution is 2.43. The van der Waals surface area contributed by atoms with Crippen LogP contribution in [0.15, 0.2) is 129 Å². The Kier molecular flexibility index (Phi) is 6.18. The molecule has 0 atom stereocenters. The summed E-state index contributed by atoms with van der Waals surface area (Å²) in [6.45, 7) is 14.3. The molecule has 3 heteroatoms. The number of aromatic nitrogens is 3.